The van der Waals surface area contributed by atoms with Gasteiger partial charge in [-0.05, 0) is 48.4 Å². The average Bonchev–Trinajstić information content (AvgIpc) is 3.41. The van der Waals surface area contributed by atoms with Crippen molar-refractivity contribution in [2.75, 3.05) is 13.2 Å². The molecule has 4 aromatic rings. The monoisotopic (exact) mass is 390 g/mol. The van der Waals surface area contributed by atoms with Gasteiger partial charge in [0.05, 0.1) is 18.3 Å². The number of benzene rings is 2. The van der Waals surface area contributed by atoms with E-state index in [0.29, 0.717) is 31.9 Å². The molecule has 0 unspecified atom stereocenters. The van der Waals surface area contributed by atoms with Gasteiger partial charge in [-0.25, -0.2) is 4.68 Å². The van der Waals surface area contributed by atoms with E-state index in [1.54, 1.807) is 6.26 Å². The van der Waals surface area contributed by atoms with Gasteiger partial charge in [0, 0.05) is 18.7 Å². The molecule has 0 aliphatic rings. The number of ether oxygens (including phenoxy) is 1. The Balaban J connectivity index is 1.22. The molecule has 0 atom stereocenters. The SMILES string of the molecule is O=C(NCCCOCc1ccco1)c1ccc(Cn2nnc3ccccc32)cc1. The molecule has 0 aliphatic heterocycles. The van der Waals surface area contributed by atoms with Crippen LogP contribution in [0.25, 0.3) is 11.0 Å². The molecule has 1 N–H and O–H groups in total. The lowest BCUT2D eigenvalue weighted by Crippen LogP contribution is -2.25. The highest BCUT2D eigenvalue weighted by Crippen LogP contribution is 2.13. The van der Waals surface area contributed by atoms with E-state index in [4.69, 9.17) is 9.15 Å². The first-order valence-electron chi connectivity index (χ1n) is 9.55. The van der Waals surface area contributed by atoms with Gasteiger partial charge in [-0.1, -0.05) is 29.5 Å². The summed E-state index contributed by atoms with van der Waals surface area (Å²) in [7, 11) is 0. The van der Waals surface area contributed by atoms with Crippen molar-refractivity contribution in [2.45, 2.75) is 19.6 Å². The van der Waals surface area contributed by atoms with Crippen LogP contribution >= 0.6 is 0 Å². The van der Waals surface area contributed by atoms with Crippen LogP contribution in [0.15, 0.2) is 71.3 Å². The number of carbonyl (C=O) groups is 1. The van der Waals surface area contributed by atoms with Crippen molar-refractivity contribution in [1.82, 2.24) is 20.3 Å². The Kier molecular flexibility index (Phi) is 5.97. The second-order valence-electron chi connectivity index (χ2n) is 6.67. The molecule has 7 heteroatoms. The Morgan fingerprint density at radius 2 is 1.93 bits per heavy atom. The van der Waals surface area contributed by atoms with E-state index < -0.39 is 0 Å². The summed E-state index contributed by atoms with van der Waals surface area (Å²) in [6.45, 7) is 2.17. The molecule has 0 aliphatic carbocycles. The maximum atomic E-state index is 12.3. The van der Waals surface area contributed by atoms with Gasteiger partial charge in [-0.3, -0.25) is 4.79 Å². The third-order valence-electron chi connectivity index (χ3n) is 4.54. The van der Waals surface area contributed by atoms with Crippen molar-refractivity contribution < 1.29 is 13.9 Å². The number of carbonyl (C=O) groups excluding carboxylic acids is 1. The molecule has 0 spiro atoms. The van der Waals surface area contributed by atoms with Crippen molar-refractivity contribution in [3.63, 3.8) is 0 Å². The lowest BCUT2D eigenvalue weighted by molar-refractivity contribution is 0.0917. The minimum absolute atomic E-state index is 0.0891. The lowest BCUT2D eigenvalue weighted by Gasteiger charge is -2.07. The summed E-state index contributed by atoms with van der Waals surface area (Å²) in [6, 6.07) is 19.1. The molecule has 7 nitrogen and oxygen atoms in total. The van der Waals surface area contributed by atoms with E-state index >= 15 is 0 Å². The van der Waals surface area contributed by atoms with Gasteiger partial charge in [0.25, 0.3) is 5.91 Å². The first kappa shape index (κ1) is 18.9. The third kappa shape index (κ3) is 4.89. The van der Waals surface area contributed by atoms with Crippen LogP contribution in [0.4, 0.5) is 0 Å². The Morgan fingerprint density at radius 3 is 2.76 bits per heavy atom. The molecule has 29 heavy (non-hydrogen) atoms. The molecular weight excluding hydrogens is 368 g/mol. The summed E-state index contributed by atoms with van der Waals surface area (Å²) in [4.78, 5) is 12.3. The van der Waals surface area contributed by atoms with Crippen molar-refractivity contribution in [3.8, 4) is 0 Å². The van der Waals surface area contributed by atoms with E-state index in [1.165, 1.54) is 0 Å². The van der Waals surface area contributed by atoms with Crippen LogP contribution in [0.1, 0.15) is 28.1 Å². The lowest BCUT2D eigenvalue weighted by atomic mass is 10.1. The number of furan rings is 1. The van der Waals surface area contributed by atoms with E-state index in [-0.39, 0.29) is 5.91 Å². The minimum atomic E-state index is -0.0891. The Labute approximate surface area is 168 Å². The highest BCUT2D eigenvalue weighted by Gasteiger charge is 2.07. The molecule has 2 aromatic carbocycles. The van der Waals surface area contributed by atoms with Gasteiger partial charge in [-0.15, -0.1) is 5.10 Å². The fraction of sp³-hybridized carbons (Fsp3) is 0.227. The molecule has 0 saturated carbocycles. The Hall–Kier alpha value is -3.45. The third-order valence-corrected chi connectivity index (χ3v) is 4.54. The van der Waals surface area contributed by atoms with Crippen LogP contribution in [0.2, 0.25) is 0 Å². The molecule has 2 heterocycles. The summed E-state index contributed by atoms with van der Waals surface area (Å²) >= 11 is 0. The molecule has 0 fully saturated rings. The molecule has 0 saturated heterocycles. The van der Waals surface area contributed by atoms with Crippen LogP contribution in [0.3, 0.4) is 0 Å². The predicted octanol–water partition coefficient (Wildman–Crippen LogP) is 3.41. The molecule has 0 bridgehead atoms. The summed E-state index contributed by atoms with van der Waals surface area (Å²) in [5.74, 6) is 0.710. The number of hydrogen-bond acceptors (Lipinski definition) is 5. The second-order valence-corrected chi connectivity index (χ2v) is 6.67. The second kappa shape index (κ2) is 9.16. The number of nitrogens with one attached hydrogen (secondary N) is 1. The van der Waals surface area contributed by atoms with Gasteiger partial charge in [0.1, 0.15) is 17.9 Å². The van der Waals surface area contributed by atoms with Crippen LogP contribution in [-0.4, -0.2) is 34.1 Å². The van der Waals surface area contributed by atoms with Gasteiger partial charge in [0.15, 0.2) is 0 Å². The summed E-state index contributed by atoms with van der Waals surface area (Å²) in [5, 5.41) is 11.3. The Bertz CT molecular complexity index is 1060. The molecule has 4 rings (SSSR count). The highest BCUT2D eigenvalue weighted by molar-refractivity contribution is 5.94. The van der Waals surface area contributed by atoms with E-state index in [2.05, 4.69) is 15.6 Å². The molecule has 1 amide bonds. The van der Waals surface area contributed by atoms with Crippen LogP contribution in [-0.2, 0) is 17.9 Å². The number of aromatic nitrogens is 3. The average molecular weight is 390 g/mol. The van der Waals surface area contributed by atoms with Gasteiger partial charge < -0.3 is 14.5 Å². The van der Waals surface area contributed by atoms with Crippen molar-refractivity contribution in [1.29, 1.82) is 0 Å². The maximum Gasteiger partial charge on any atom is 0.251 e. The fourth-order valence-electron chi connectivity index (χ4n) is 3.01. The summed E-state index contributed by atoms with van der Waals surface area (Å²) in [6.07, 6.45) is 2.36. The molecular formula is C22H22N4O3. The topological polar surface area (TPSA) is 82.2 Å². The molecule has 0 radical (unpaired) electrons. The zero-order chi connectivity index (χ0) is 19.9. The predicted molar refractivity (Wildman–Crippen MR) is 108 cm³/mol. The standard InChI is InChI=1S/C22H22N4O3/c27-22(23-12-4-13-28-16-19-5-3-14-29-19)18-10-8-17(9-11-18)15-26-21-7-2-1-6-20(21)24-25-26/h1-3,5-11,14H,4,12-13,15-16H2,(H,23,27). The maximum absolute atomic E-state index is 12.3. The zero-order valence-corrected chi connectivity index (χ0v) is 16.0. The van der Waals surface area contributed by atoms with Gasteiger partial charge >= 0.3 is 0 Å². The summed E-state index contributed by atoms with van der Waals surface area (Å²) in [5.41, 5.74) is 3.55. The summed E-state index contributed by atoms with van der Waals surface area (Å²) < 4.78 is 12.6. The van der Waals surface area contributed by atoms with E-state index in [9.17, 15) is 4.79 Å². The van der Waals surface area contributed by atoms with Gasteiger partial charge in [0.2, 0.25) is 0 Å². The normalized spacial score (nSPS) is 11.0. The number of rotatable bonds is 9. The van der Waals surface area contributed by atoms with Crippen LogP contribution < -0.4 is 5.32 Å². The van der Waals surface area contributed by atoms with Crippen LogP contribution in [0, 0.1) is 0 Å². The van der Waals surface area contributed by atoms with Crippen molar-refractivity contribution >= 4 is 16.9 Å². The smallest absolute Gasteiger partial charge is 0.251 e. The first-order chi connectivity index (χ1) is 14.3. The number of para-hydroxylation sites is 1. The van der Waals surface area contributed by atoms with E-state index in [0.717, 1.165) is 28.8 Å². The highest BCUT2D eigenvalue weighted by atomic mass is 16.5. The Morgan fingerprint density at radius 1 is 1.07 bits per heavy atom. The molecule has 2 aromatic heterocycles. The zero-order valence-electron chi connectivity index (χ0n) is 16.0. The fourth-order valence-corrected chi connectivity index (χ4v) is 3.01. The van der Waals surface area contributed by atoms with E-state index in [1.807, 2.05) is 65.3 Å². The number of fused-ring (bicyclic) bond motifs is 1. The largest absolute Gasteiger partial charge is 0.467 e. The quantitative estimate of drug-likeness (QED) is 0.443. The van der Waals surface area contributed by atoms with Crippen LogP contribution in [0.5, 0.6) is 0 Å². The first-order valence-corrected chi connectivity index (χ1v) is 9.55. The number of amides is 1. The van der Waals surface area contributed by atoms with Gasteiger partial charge in [-0.2, -0.15) is 0 Å². The van der Waals surface area contributed by atoms with Crippen molar-refractivity contribution in [2.24, 2.45) is 0 Å². The number of hydrogen-bond donors (Lipinski definition) is 1. The minimum Gasteiger partial charge on any atom is -0.467 e. The molecule has 148 valence electrons. The number of nitrogens with zero attached hydrogens (tertiary/aromatic N) is 3. The van der Waals surface area contributed by atoms with Crippen molar-refractivity contribution in [3.05, 3.63) is 83.8 Å².